The van der Waals surface area contributed by atoms with Crippen LogP contribution in [0.5, 0.6) is 0 Å². The van der Waals surface area contributed by atoms with Crippen LogP contribution < -0.4 is 10.6 Å². The van der Waals surface area contributed by atoms with Crippen molar-refractivity contribution >= 4 is 17.5 Å². The van der Waals surface area contributed by atoms with Gasteiger partial charge in [0.2, 0.25) is 11.8 Å². The molecule has 2 amide bonds. The average Bonchev–Trinajstić information content (AvgIpc) is 3.12. The first-order valence-electron chi connectivity index (χ1n) is 10.2. The van der Waals surface area contributed by atoms with Crippen LogP contribution in [0.25, 0.3) is 0 Å². The first-order valence-corrected chi connectivity index (χ1v) is 10.2. The van der Waals surface area contributed by atoms with Crippen LogP contribution in [0.3, 0.4) is 0 Å². The second-order valence-electron chi connectivity index (χ2n) is 8.47. The number of amides is 2. The zero-order valence-electron chi connectivity index (χ0n) is 16.6. The lowest BCUT2D eigenvalue weighted by molar-refractivity contribution is -0.139. The minimum absolute atomic E-state index is 0.0650. The third-order valence-corrected chi connectivity index (χ3v) is 6.39. The second kappa shape index (κ2) is 7.70. The van der Waals surface area contributed by atoms with E-state index in [1.54, 1.807) is 6.07 Å². The molecule has 1 saturated carbocycles. The van der Waals surface area contributed by atoms with Crippen molar-refractivity contribution in [3.63, 3.8) is 0 Å². The molecular weight excluding hydrogens is 359 g/mol. The minimum atomic E-state index is -0.434. The van der Waals surface area contributed by atoms with Gasteiger partial charge in [0.1, 0.15) is 11.9 Å². The number of carbonyl (C=O) groups excluding carboxylic acids is 2. The highest BCUT2D eigenvalue weighted by molar-refractivity contribution is 5.88. The summed E-state index contributed by atoms with van der Waals surface area (Å²) in [7, 11) is 1.97. The molecule has 1 aliphatic carbocycles. The maximum Gasteiger partial charge on any atom is 0.243 e. The molecule has 0 bridgehead atoms. The van der Waals surface area contributed by atoms with Gasteiger partial charge in [-0.05, 0) is 51.3 Å². The molecule has 1 aromatic rings. The Balaban J connectivity index is 1.36. The Morgan fingerprint density at radius 3 is 2.86 bits per heavy atom. The molecule has 2 aliphatic heterocycles. The molecule has 3 atom stereocenters. The van der Waals surface area contributed by atoms with Crippen molar-refractivity contribution in [2.45, 2.75) is 57.2 Å². The highest BCUT2D eigenvalue weighted by atomic mass is 19.1. The van der Waals surface area contributed by atoms with Crippen LogP contribution in [-0.2, 0) is 16.0 Å². The van der Waals surface area contributed by atoms with Gasteiger partial charge in [0.05, 0.1) is 6.54 Å². The van der Waals surface area contributed by atoms with E-state index in [9.17, 15) is 14.0 Å². The monoisotopic (exact) mass is 388 g/mol. The largest absolute Gasteiger partial charge is 0.373 e. The molecule has 1 saturated heterocycles. The van der Waals surface area contributed by atoms with Gasteiger partial charge in [0.25, 0.3) is 0 Å². The van der Waals surface area contributed by atoms with Crippen molar-refractivity contribution in [3.8, 4) is 0 Å². The molecular formula is C21H29FN4O2. The van der Waals surface area contributed by atoms with Crippen molar-refractivity contribution in [2.24, 2.45) is 0 Å². The van der Waals surface area contributed by atoms with Crippen molar-refractivity contribution in [2.75, 3.05) is 32.0 Å². The number of likely N-dealkylation sites (N-methyl/N-ethyl adjacent to an activating group) is 1. The molecule has 0 radical (unpaired) electrons. The second-order valence-corrected chi connectivity index (χ2v) is 8.47. The van der Waals surface area contributed by atoms with Crippen LogP contribution in [0.4, 0.5) is 10.1 Å². The summed E-state index contributed by atoms with van der Waals surface area (Å²) in [6.45, 7) is 4.06. The molecule has 2 unspecified atom stereocenters. The average molecular weight is 388 g/mol. The van der Waals surface area contributed by atoms with Gasteiger partial charge in [0, 0.05) is 42.8 Å². The lowest BCUT2D eigenvalue weighted by Crippen LogP contribution is -2.56. The summed E-state index contributed by atoms with van der Waals surface area (Å²) in [5.41, 5.74) is 2.31. The minimum Gasteiger partial charge on any atom is -0.373 e. The molecule has 4 rings (SSSR count). The molecule has 7 heteroatoms. The molecule has 2 N–H and O–H groups in total. The number of nitrogens with one attached hydrogen (secondary N) is 2. The van der Waals surface area contributed by atoms with Crippen molar-refractivity contribution in [1.29, 1.82) is 0 Å². The van der Waals surface area contributed by atoms with Crippen molar-refractivity contribution in [1.82, 2.24) is 15.1 Å². The van der Waals surface area contributed by atoms with Crippen molar-refractivity contribution < 1.29 is 14.0 Å². The van der Waals surface area contributed by atoms with Gasteiger partial charge in [-0.2, -0.15) is 0 Å². The van der Waals surface area contributed by atoms with Gasteiger partial charge in [0.15, 0.2) is 0 Å². The van der Waals surface area contributed by atoms with Gasteiger partial charge in [-0.25, -0.2) is 4.39 Å². The van der Waals surface area contributed by atoms with E-state index in [1.165, 1.54) is 6.07 Å². The summed E-state index contributed by atoms with van der Waals surface area (Å²) in [5, 5.41) is 6.35. The van der Waals surface area contributed by atoms with Gasteiger partial charge in [-0.3, -0.25) is 14.5 Å². The number of benzene rings is 1. The van der Waals surface area contributed by atoms with E-state index in [2.05, 4.69) is 10.6 Å². The number of aryl methyl sites for hydroxylation is 1. The van der Waals surface area contributed by atoms with Crippen LogP contribution >= 0.6 is 0 Å². The number of piperazine rings is 1. The Morgan fingerprint density at radius 1 is 1.29 bits per heavy atom. The van der Waals surface area contributed by atoms with E-state index < -0.39 is 6.04 Å². The Labute approximate surface area is 165 Å². The van der Waals surface area contributed by atoms with Crippen LogP contribution in [0, 0.1) is 12.7 Å². The summed E-state index contributed by atoms with van der Waals surface area (Å²) >= 11 is 0. The number of hydrogen-bond donors (Lipinski definition) is 2. The Kier molecular flexibility index (Phi) is 5.27. The number of halogens is 1. The van der Waals surface area contributed by atoms with Gasteiger partial charge >= 0.3 is 0 Å². The molecule has 0 aromatic heterocycles. The Hall–Kier alpha value is -2.15. The zero-order valence-corrected chi connectivity index (χ0v) is 16.6. The fraction of sp³-hybridized carbons (Fsp3) is 0.619. The smallest absolute Gasteiger partial charge is 0.243 e. The SMILES string of the molecule is Cc1ccc(F)c2c1NC(C(=O)N[C@@H]1CCCC(N3CCN(C)CC3=O)C1)C2. The Bertz CT molecular complexity index is 753. The number of nitrogens with zero attached hydrogens (tertiary/aromatic N) is 2. The molecule has 1 aromatic carbocycles. The molecule has 2 heterocycles. The van der Waals surface area contributed by atoms with Gasteiger partial charge in [-0.1, -0.05) is 6.07 Å². The standard InChI is InChI=1S/C21H29FN4O2/c1-13-6-7-17(22)16-11-18(24-20(13)16)21(28)23-14-4-3-5-15(10-14)26-9-8-25(2)12-19(26)27/h6-7,14-15,18,24H,3-5,8-12H2,1-2H3,(H,23,28)/t14-,15?,18?/m1/s1. The van der Waals surface area contributed by atoms with Crippen molar-refractivity contribution in [3.05, 3.63) is 29.1 Å². The van der Waals surface area contributed by atoms with Crippen LogP contribution in [0.15, 0.2) is 12.1 Å². The number of fused-ring (bicyclic) bond motifs is 1. The normalized spacial score (nSPS) is 28.0. The number of anilines is 1. The fourth-order valence-corrected chi connectivity index (χ4v) is 4.80. The van der Waals surface area contributed by atoms with Gasteiger partial charge in [-0.15, -0.1) is 0 Å². The molecule has 3 aliphatic rings. The third-order valence-electron chi connectivity index (χ3n) is 6.39. The summed E-state index contributed by atoms with van der Waals surface area (Å²) in [5.74, 6) is -0.148. The molecule has 152 valence electrons. The zero-order chi connectivity index (χ0) is 19.8. The number of carbonyl (C=O) groups is 2. The Morgan fingerprint density at radius 2 is 2.11 bits per heavy atom. The lowest BCUT2D eigenvalue weighted by atomic mass is 9.89. The number of hydrogen-bond acceptors (Lipinski definition) is 4. The summed E-state index contributed by atoms with van der Waals surface area (Å²) in [6, 6.07) is 3.04. The topological polar surface area (TPSA) is 64.7 Å². The van der Waals surface area contributed by atoms with Crippen LogP contribution in [0.2, 0.25) is 0 Å². The highest BCUT2D eigenvalue weighted by Crippen LogP contribution is 2.32. The molecule has 2 fully saturated rings. The van der Waals surface area contributed by atoms with Gasteiger partial charge < -0.3 is 15.5 Å². The quantitative estimate of drug-likeness (QED) is 0.827. The summed E-state index contributed by atoms with van der Waals surface area (Å²) in [4.78, 5) is 29.2. The summed E-state index contributed by atoms with van der Waals surface area (Å²) < 4.78 is 14.1. The van der Waals surface area contributed by atoms with Crippen LogP contribution in [-0.4, -0.2) is 66.4 Å². The van der Waals surface area contributed by atoms with E-state index in [0.29, 0.717) is 18.5 Å². The summed E-state index contributed by atoms with van der Waals surface area (Å²) in [6.07, 6.45) is 4.11. The fourth-order valence-electron chi connectivity index (χ4n) is 4.80. The van der Waals surface area contributed by atoms with E-state index >= 15 is 0 Å². The first kappa shape index (κ1) is 19.2. The van der Waals surface area contributed by atoms with E-state index in [0.717, 1.165) is 50.0 Å². The lowest BCUT2D eigenvalue weighted by Gasteiger charge is -2.41. The van der Waals surface area contributed by atoms with E-state index in [-0.39, 0.29) is 29.7 Å². The van der Waals surface area contributed by atoms with E-state index in [1.807, 2.05) is 23.8 Å². The highest BCUT2D eigenvalue weighted by Gasteiger charge is 2.35. The molecule has 28 heavy (non-hydrogen) atoms. The predicted octanol–water partition coefficient (Wildman–Crippen LogP) is 1.67. The molecule has 0 spiro atoms. The van der Waals surface area contributed by atoms with E-state index in [4.69, 9.17) is 0 Å². The van der Waals surface area contributed by atoms with Crippen LogP contribution in [0.1, 0.15) is 36.8 Å². The maximum atomic E-state index is 14.1. The maximum absolute atomic E-state index is 14.1. The third kappa shape index (κ3) is 3.72. The molecule has 6 nitrogen and oxygen atoms in total. The number of rotatable bonds is 3. The first-order chi connectivity index (χ1) is 13.4. The predicted molar refractivity (Wildman–Crippen MR) is 106 cm³/mol.